The molecule has 0 aromatic carbocycles. The van der Waals surface area contributed by atoms with Crippen LogP contribution in [0, 0.1) is 17.4 Å². The third kappa shape index (κ3) is 1.35. The van der Waals surface area contributed by atoms with Gasteiger partial charge in [-0.2, -0.15) is 5.26 Å². The third-order valence-corrected chi connectivity index (χ3v) is 2.00. The Morgan fingerprint density at radius 2 is 2.56 bits per heavy atom. The van der Waals surface area contributed by atoms with Crippen molar-refractivity contribution < 1.29 is 0 Å². The number of likely N-dealkylation sites (tertiary alicyclic amines) is 1. The second-order valence-electron chi connectivity index (χ2n) is 2.61. The minimum atomic E-state index is 0.782. The van der Waals surface area contributed by atoms with Gasteiger partial charge in [-0.15, -0.1) is 0 Å². The number of rotatable bonds is 1. The van der Waals surface area contributed by atoms with Crippen LogP contribution in [-0.4, -0.2) is 18.0 Å². The first-order valence-electron chi connectivity index (χ1n) is 3.51. The van der Waals surface area contributed by atoms with Gasteiger partial charge in [0.1, 0.15) is 0 Å². The van der Waals surface area contributed by atoms with Crippen LogP contribution in [0.25, 0.3) is 0 Å². The number of nitriles is 1. The first kappa shape index (κ1) is 6.41. The predicted octanol–water partition coefficient (Wildman–Crippen LogP) is 1.20. The zero-order valence-corrected chi connectivity index (χ0v) is 5.80. The average Bonchev–Trinajstić information content (AvgIpc) is 2.34. The van der Waals surface area contributed by atoms with Crippen molar-refractivity contribution in [2.24, 2.45) is 5.92 Å². The lowest BCUT2D eigenvalue weighted by atomic mass is 10.1. The van der Waals surface area contributed by atoms with E-state index in [1.165, 1.54) is 12.8 Å². The molecule has 1 aliphatic rings. The van der Waals surface area contributed by atoms with Crippen molar-refractivity contribution in [1.29, 1.82) is 5.26 Å². The summed E-state index contributed by atoms with van der Waals surface area (Å²) >= 11 is 0. The maximum Gasteiger partial charge on any atom is 0.179 e. The highest BCUT2D eigenvalue weighted by molar-refractivity contribution is 4.82. The summed E-state index contributed by atoms with van der Waals surface area (Å²) in [5.74, 6) is 0.782. The molecule has 1 heterocycles. The topological polar surface area (TPSA) is 27.0 Å². The summed E-state index contributed by atoms with van der Waals surface area (Å²) in [6.07, 6.45) is 4.59. The highest BCUT2D eigenvalue weighted by Crippen LogP contribution is 2.17. The third-order valence-electron chi connectivity index (χ3n) is 2.00. The first-order chi connectivity index (χ1) is 4.36. The lowest BCUT2D eigenvalue weighted by molar-refractivity contribution is 0.449. The molecule has 0 amide bonds. The molecule has 1 saturated heterocycles. The van der Waals surface area contributed by atoms with Gasteiger partial charge >= 0.3 is 0 Å². The Bertz CT molecular complexity index is 125. The maximum absolute atomic E-state index is 8.46. The van der Waals surface area contributed by atoms with E-state index in [4.69, 9.17) is 5.26 Å². The van der Waals surface area contributed by atoms with Gasteiger partial charge in [-0.25, -0.2) is 0 Å². The molecule has 0 aromatic heterocycles. The summed E-state index contributed by atoms with van der Waals surface area (Å²) in [5.41, 5.74) is 0. The van der Waals surface area contributed by atoms with Crippen molar-refractivity contribution >= 4 is 0 Å². The average molecular weight is 124 g/mol. The van der Waals surface area contributed by atoms with Crippen LogP contribution in [0.1, 0.15) is 19.8 Å². The summed E-state index contributed by atoms with van der Waals surface area (Å²) < 4.78 is 0. The van der Waals surface area contributed by atoms with Crippen LogP contribution in [0.15, 0.2) is 0 Å². The van der Waals surface area contributed by atoms with E-state index in [-0.39, 0.29) is 0 Å². The SMILES string of the molecule is CCC1CCN(C#N)C1. The van der Waals surface area contributed by atoms with Gasteiger partial charge in [0.25, 0.3) is 0 Å². The molecule has 50 valence electrons. The molecule has 0 N–H and O–H groups in total. The van der Waals surface area contributed by atoms with Crippen LogP contribution < -0.4 is 0 Å². The Kier molecular flexibility index (Phi) is 1.94. The normalized spacial score (nSPS) is 26.2. The molecule has 0 bridgehead atoms. The number of nitrogens with zero attached hydrogens (tertiary/aromatic N) is 2. The molecule has 0 aliphatic carbocycles. The van der Waals surface area contributed by atoms with Crippen molar-refractivity contribution in [2.45, 2.75) is 19.8 Å². The summed E-state index contributed by atoms with van der Waals surface area (Å²) in [7, 11) is 0. The summed E-state index contributed by atoms with van der Waals surface area (Å²) in [6.45, 7) is 4.16. The molecule has 1 aliphatic heterocycles. The van der Waals surface area contributed by atoms with Crippen LogP contribution in [-0.2, 0) is 0 Å². The molecule has 0 radical (unpaired) electrons. The van der Waals surface area contributed by atoms with Gasteiger partial charge < -0.3 is 4.90 Å². The zero-order chi connectivity index (χ0) is 6.69. The quantitative estimate of drug-likeness (QED) is 0.491. The highest BCUT2D eigenvalue weighted by Gasteiger charge is 2.18. The van der Waals surface area contributed by atoms with E-state index in [0.717, 1.165) is 19.0 Å². The Labute approximate surface area is 56.1 Å². The van der Waals surface area contributed by atoms with Gasteiger partial charge in [0.15, 0.2) is 6.19 Å². The van der Waals surface area contributed by atoms with Crippen molar-refractivity contribution in [3.8, 4) is 6.19 Å². The molecular weight excluding hydrogens is 112 g/mol. The van der Waals surface area contributed by atoms with E-state index in [1.54, 1.807) is 0 Å². The molecular formula is C7H12N2. The molecule has 9 heavy (non-hydrogen) atoms. The fraction of sp³-hybridized carbons (Fsp3) is 0.857. The van der Waals surface area contributed by atoms with Crippen molar-refractivity contribution in [3.63, 3.8) is 0 Å². The van der Waals surface area contributed by atoms with Crippen LogP contribution in [0.4, 0.5) is 0 Å². The summed E-state index contributed by atoms with van der Waals surface area (Å²) in [4.78, 5) is 1.84. The lowest BCUT2D eigenvalue weighted by Crippen LogP contribution is -2.12. The molecule has 1 fully saturated rings. The molecule has 2 heteroatoms. The summed E-state index contributed by atoms with van der Waals surface area (Å²) in [5, 5.41) is 8.46. The minimum absolute atomic E-state index is 0.782. The van der Waals surface area contributed by atoms with E-state index in [2.05, 4.69) is 13.1 Å². The van der Waals surface area contributed by atoms with Gasteiger partial charge in [0.2, 0.25) is 0 Å². The van der Waals surface area contributed by atoms with E-state index in [9.17, 15) is 0 Å². The van der Waals surface area contributed by atoms with Crippen LogP contribution >= 0.6 is 0 Å². The second kappa shape index (κ2) is 2.72. The Morgan fingerprint density at radius 1 is 1.78 bits per heavy atom. The Morgan fingerprint density at radius 3 is 2.89 bits per heavy atom. The van der Waals surface area contributed by atoms with Crippen molar-refractivity contribution in [1.82, 2.24) is 4.90 Å². The second-order valence-corrected chi connectivity index (χ2v) is 2.61. The van der Waals surface area contributed by atoms with Crippen molar-refractivity contribution in [2.75, 3.05) is 13.1 Å². The lowest BCUT2D eigenvalue weighted by Gasteiger charge is -2.04. The van der Waals surface area contributed by atoms with Gasteiger partial charge in [0, 0.05) is 13.1 Å². The molecule has 0 aromatic rings. The van der Waals surface area contributed by atoms with Gasteiger partial charge in [-0.05, 0) is 12.3 Å². The Hall–Kier alpha value is -0.710. The molecule has 1 unspecified atom stereocenters. The maximum atomic E-state index is 8.46. The van der Waals surface area contributed by atoms with Gasteiger partial charge in [-0.3, -0.25) is 0 Å². The molecule has 2 nitrogen and oxygen atoms in total. The predicted molar refractivity (Wildman–Crippen MR) is 35.6 cm³/mol. The largest absolute Gasteiger partial charge is 0.310 e. The van der Waals surface area contributed by atoms with Gasteiger partial charge in [0.05, 0.1) is 0 Å². The number of hydrogen-bond acceptors (Lipinski definition) is 2. The smallest absolute Gasteiger partial charge is 0.179 e. The highest BCUT2D eigenvalue weighted by atomic mass is 15.1. The molecule has 1 rings (SSSR count). The number of hydrogen-bond donors (Lipinski definition) is 0. The Balaban J connectivity index is 2.31. The van der Waals surface area contributed by atoms with Crippen LogP contribution in [0.2, 0.25) is 0 Å². The van der Waals surface area contributed by atoms with E-state index in [1.807, 2.05) is 4.90 Å². The van der Waals surface area contributed by atoms with E-state index in [0.29, 0.717) is 0 Å². The van der Waals surface area contributed by atoms with Crippen LogP contribution in [0.5, 0.6) is 0 Å². The van der Waals surface area contributed by atoms with Crippen molar-refractivity contribution in [3.05, 3.63) is 0 Å². The fourth-order valence-corrected chi connectivity index (χ4v) is 1.26. The first-order valence-corrected chi connectivity index (χ1v) is 3.51. The monoisotopic (exact) mass is 124 g/mol. The fourth-order valence-electron chi connectivity index (χ4n) is 1.26. The molecule has 0 saturated carbocycles. The minimum Gasteiger partial charge on any atom is -0.310 e. The molecule has 1 atom stereocenters. The van der Waals surface area contributed by atoms with Crippen LogP contribution in [0.3, 0.4) is 0 Å². The van der Waals surface area contributed by atoms with Gasteiger partial charge in [-0.1, -0.05) is 13.3 Å². The zero-order valence-electron chi connectivity index (χ0n) is 5.80. The standard InChI is InChI=1S/C7H12N2/c1-2-7-3-4-9(5-7)6-8/h7H,2-5H2,1H3. The van der Waals surface area contributed by atoms with E-state index >= 15 is 0 Å². The molecule has 0 spiro atoms. The summed E-state index contributed by atoms with van der Waals surface area (Å²) in [6, 6.07) is 0. The van der Waals surface area contributed by atoms with E-state index < -0.39 is 0 Å².